The Hall–Kier alpha value is -2.44. The number of carbonyl (C=O) groups excluding carboxylic acids is 1. The molecule has 0 atom stereocenters. The number of aromatic nitrogens is 1. The molecule has 0 aliphatic heterocycles. The number of hydrogen-bond donors (Lipinski definition) is 1. The van der Waals surface area contributed by atoms with Crippen LogP contribution in [0.4, 0.5) is 5.13 Å². The molecule has 0 fully saturated rings. The van der Waals surface area contributed by atoms with E-state index in [1.165, 1.54) is 22.7 Å². The zero-order valence-corrected chi connectivity index (χ0v) is 14.5. The summed E-state index contributed by atoms with van der Waals surface area (Å²) in [5, 5.41) is 4.58. The number of fused-ring (bicyclic) bond motifs is 2. The van der Waals surface area contributed by atoms with Crippen LogP contribution in [-0.2, 0) is 0 Å². The van der Waals surface area contributed by atoms with E-state index in [9.17, 15) is 4.79 Å². The summed E-state index contributed by atoms with van der Waals surface area (Å²) < 4.78 is 7.60. The standard InChI is InChI=1S/C18H14N2O2S2/c1-2-22-12-7-8-13-15(10-12)24-18(19-13)20-17(21)16-9-11-5-3-4-6-14(11)23-16/h3-10H,2H2,1H3,(H,19,20,21). The van der Waals surface area contributed by atoms with Gasteiger partial charge < -0.3 is 4.74 Å². The molecule has 1 amide bonds. The molecular formula is C18H14N2O2S2. The van der Waals surface area contributed by atoms with E-state index in [0.717, 1.165) is 26.1 Å². The Bertz CT molecular complexity index is 1000. The number of thiazole rings is 1. The first-order valence-electron chi connectivity index (χ1n) is 7.56. The van der Waals surface area contributed by atoms with Crippen molar-refractivity contribution in [2.75, 3.05) is 11.9 Å². The highest BCUT2D eigenvalue weighted by Crippen LogP contribution is 2.31. The predicted octanol–water partition coefficient (Wildman–Crippen LogP) is 5.16. The molecule has 24 heavy (non-hydrogen) atoms. The molecule has 4 rings (SSSR count). The number of benzene rings is 2. The lowest BCUT2D eigenvalue weighted by molar-refractivity contribution is 0.103. The largest absolute Gasteiger partial charge is 0.494 e. The Kier molecular flexibility index (Phi) is 3.92. The normalized spacial score (nSPS) is 11.0. The zero-order chi connectivity index (χ0) is 16.5. The number of anilines is 1. The highest BCUT2D eigenvalue weighted by molar-refractivity contribution is 7.23. The van der Waals surface area contributed by atoms with Gasteiger partial charge in [0.2, 0.25) is 0 Å². The Morgan fingerprint density at radius 3 is 2.83 bits per heavy atom. The highest BCUT2D eigenvalue weighted by Gasteiger charge is 2.13. The number of hydrogen-bond acceptors (Lipinski definition) is 5. The second-order valence-corrected chi connectivity index (χ2v) is 7.30. The van der Waals surface area contributed by atoms with Crippen LogP contribution in [0, 0.1) is 0 Å². The quantitative estimate of drug-likeness (QED) is 0.550. The topological polar surface area (TPSA) is 51.2 Å². The van der Waals surface area contributed by atoms with Crippen LogP contribution in [-0.4, -0.2) is 17.5 Å². The molecule has 4 nitrogen and oxygen atoms in total. The third kappa shape index (κ3) is 2.86. The van der Waals surface area contributed by atoms with E-state index in [4.69, 9.17) is 4.74 Å². The second-order valence-electron chi connectivity index (χ2n) is 5.18. The van der Waals surface area contributed by atoms with Crippen molar-refractivity contribution in [1.29, 1.82) is 0 Å². The van der Waals surface area contributed by atoms with E-state index in [-0.39, 0.29) is 5.91 Å². The molecule has 1 N–H and O–H groups in total. The van der Waals surface area contributed by atoms with Crippen molar-refractivity contribution in [3.05, 3.63) is 53.4 Å². The molecule has 2 heterocycles. The van der Waals surface area contributed by atoms with Gasteiger partial charge in [0.05, 0.1) is 21.7 Å². The molecule has 4 aromatic rings. The fourth-order valence-corrected chi connectivity index (χ4v) is 4.31. The van der Waals surface area contributed by atoms with Gasteiger partial charge in [0.15, 0.2) is 5.13 Å². The summed E-state index contributed by atoms with van der Waals surface area (Å²) in [7, 11) is 0. The van der Waals surface area contributed by atoms with Gasteiger partial charge in [0.25, 0.3) is 5.91 Å². The van der Waals surface area contributed by atoms with Gasteiger partial charge >= 0.3 is 0 Å². The Morgan fingerprint density at radius 2 is 2.00 bits per heavy atom. The number of carbonyl (C=O) groups is 1. The van der Waals surface area contributed by atoms with Crippen LogP contribution in [0.1, 0.15) is 16.6 Å². The summed E-state index contributed by atoms with van der Waals surface area (Å²) in [4.78, 5) is 17.6. The molecule has 6 heteroatoms. The van der Waals surface area contributed by atoms with Crippen molar-refractivity contribution in [1.82, 2.24) is 4.98 Å². The van der Waals surface area contributed by atoms with Crippen molar-refractivity contribution < 1.29 is 9.53 Å². The fraction of sp³-hybridized carbons (Fsp3) is 0.111. The molecule has 120 valence electrons. The van der Waals surface area contributed by atoms with Crippen LogP contribution >= 0.6 is 22.7 Å². The molecule has 0 saturated heterocycles. The summed E-state index contributed by atoms with van der Waals surface area (Å²) in [5.41, 5.74) is 0.857. The molecule has 0 aliphatic carbocycles. The molecule has 0 radical (unpaired) electrons. The summed E-state index contributed by atoms with van der Waals surface area (Å²) in [6.45, 7) is 2.58. The van der Waals surface area contributed by atoms with Crippen LogP contribution in [0.3, 0.4) is 0 Å². The minimum Gasteiger partial charge on any atom is -0.494 e. The van der Waals surface area contributed by atoms with Crippen LogP contribution in [0.2, 0.25) is 0 Å². The van der Waals surface area contributed by atoms with Gasteiger partial charge in [-0.2, -0.15) is 0 Å². The average Bonchev–Trinajstić information content (AvgIpc) is 3.17. The molecular weight excluding hydrogens is 340 g/mol. The van der Waals surface area contributed by atoms with Crippen LogP contribution in [0.25, 0.3) is 20.3 Å². The van der Waals surface area contributed by atoms with E-state index in [1.54, 1.807) is 0 Å². The summed E-state index contributed by atoms with van der Waals surface area (Å²) in [5.74, 6) is 0.691. The number of rotatable bonds is 4. The van der Waals surface area contributed by atoms with Gasteiger partial charge in [0.1, 0.15) is 5.75 Å². The Labute approximate surface area is 146 Å². The second kappa shape index (κ2) is 6.22. The van der Waals surface area contributed by atoms with Gasteiger partial charge in [0, 0.05) is 4.70 Å². The molecule has 2 aromatic heterocycles. The Morgan fingerprint density at radius 1 is 1.12 bits per heavy atom. The molecule has 0 aliphatic rings. The van der Waals surface area contributed by atoms with Crippen LogP contribution in [0.5, 0.6) is 5.75 Å². The van der Waals surface area contributed by atoms with E-state index >= 15 is 0 Å². The van der Waals surface area contributed by atoms with E-state index in [1.807, 2.05) is 55.5 Å². The highest BCUT2D eigenvalue weighted by atomic mass is 32.1. The maximum absolute atomic E-state index is 12.5. The average molecular weight is 354 g/mol. The summed E-state index contributed by atoms with van der Waals surface area (Å²) >= 11 is 2.93. The SMILES string of the molecule is CCOc1ccc2nc(NC(=O)c3cc4ccccc4s3)sc2c1. The molecule has 0 saturated carbocycles. The van der Waals surface area contributed by atoms with Crippen molar-refractivity contribution in [3.8, 4) is 5.75 Å². The maximum Gasteiger partial charge on any atom is 0.267 e. The molecule has 0 unspecified atom stereocenters. The number of nitrogens with one attached hydrogen (secondary N) is 1. The van der Waals surface area contributed by atoms with Gasteiger partial charge in [-0.1, -0.05) is 29.5 Å². The van der Waals surface area contributed by atoms with Crippen LogP contribution < -0.4 is 10.1 Å². The lowest BCUT2D eigenvalue weighted by atomic mass is 10.2. The van der Waals surface area contributed by atoms with Gasteiger partial charge in [-0.3, -0.25) is 10.1 Å². The number of amides is 1. The van der Waals surface area contributed by atoms with Crippen molar-refractivity contribution in [3.63, 3.8) is 0 Å². The number of nitrogens with zero attached hydrogens (tertiary/aromatic N) is 1. The fourth-order valence-electron chi connectivity index (χ4n) is 2.47. The van der Waals surface area contributed by atoms with Gasteiger partial charge in [-0.05, 0) is 42.6 Å². The molecule has 0 spiro atoms. The van der Waals surface area contributed by atoms with Crippen LogP contribution in [0.15, 0.2) is 48.5 Å². The monoisotopic (exact) mass is 354 g/mol. The zero-order valence-electron chi connectivity index (χ0n) is 12.9. The van der Waals surface area contributed by atoms with E-state index in [2.05, 4.69) is 10.3 Å². The van der Waals surface area contributed by atoms with Crippen molar-refractivity contribution in [2.24, 2.45) is 0 Å². The third-order valence-electron chi connectivity index (χ3n) is 3.54. The van der Waals surface area contributed by atoms with E-state index < -0.39 is 0 Å². The smallest absolute Gasteiger partial charge is 0.267 e. The van der Waals surface area contributed by atoms with Gasteiger partial charge in [-0.25, -0.2) is 4.98 Å². The first kappa shape index (κ1) is 15.1. The first-order chi connectivity index (χ1) is 11.7. The lowest BCUT2D eigenvalue weighted by Crippen LogP contribution is -2.09. The summed E-state index contributed by atoms with van der Waals surface area (Å²) in [6.07, 6.45) is 0. The minimum atomic E-state index is -0.125. The van der Waals surface area contributed by atoms with Gasteiger partial charge in [-0.15, -0.1) is 11.3 Å². The predicted molar refractivity (Wildman–Crippen MR) is 101 cm³/mol. The first-order valence-corrected chi connectivity index (χ1v) is 9.19. The number of ether oxygens (including phenoxy) is 1. The minimum absolute atomic E-state index is 0.125. The Balaban J connectivity index is 1.59. The van der Waals surface area contributed by atoms with Crippen molar-refractivity contribution >= 4 is 54.0 Å². The number of thiophene rings is 1. The summed E-state index contributed by atoms with van der Waals surface area (Å²) in [6, 6.07) is 15.6. The lowest BCUT2D eigenvalue weighted by Gasteiger charge is -2.00. The third-order valence-corrected chi connectivity index (χ3v) is 5.59. The van der Waals surface area contributed by atoms with Crippen molar-refractivity contribution in [2.45, 2.75) is 6.92 Å². The molecule has 0 bridgehead atoms. The van der Waals surface area contributed by atoms with E-state index in [0.29, 0.717) is 16.6 Å². The molecule has 2 aromatic carbocycles. The maximum atomic E-state index is 12.5.